The van der Waals surface area contributed by atoms with Crippen molar-refractivity contribution >= 4 is 41.0 Å². The lowest BCUT2D eigenvalue weighted by atomic mass is 9.93. The Bertz CT molecular complexity index is 555. The first-order chi connectivity index (χ1) is 9.41. The topological polar surface area (TPSA) is 46.6 Å². The van der Waals surface area contributed by atoms with Crippen molar-refractivity contribution in [3.05, 3.63) is 40.9 Å². The highest BCUT2D eigenvalue weighted by atomic mass is 35.5. The quantitative estimate of drug-likeness (QED) is 0.487. The van der Waals surface area contributed by atoms with Crippen LogP contribution < -0.4 is 4.90 Å². The van der Waals surface area contributed by atoms with E-state index in [1.807, 2.05) is 0 Å². The summed E-state index contributed by atoms with van der Waals surface area (Å²) in [7, 11) is 0. The van der Waals surface area contributed by atoms with Crippen molar-refractivity contribution in [1.82, 2.24) is 0 Å². The third-order valence-electron chi connectivity index (χ3n) is 3.34. The van der Waals surface area contributed by atoms with Crippen LogP contribution in [0, 0.1) is 0 Å². The van der Waals surface area contributed by atoms with Crippen LogP contribution in [0.25, 0.3) is 0 Å². The molecule has 2 rings (SSSR count). The van der Waals surface area contributed by atoms with Gasteiger partial charge in [0, 0.05) is 15.7 Å². The molecular weight excluding hydrogens is 301 g/mol. The number of carbonyl (C=O) groups excluding carboxylic acids is 2. The van der Waals surface area contributed by atoms with Crippen LogP contribution in [0.15, 0.2) is 30.9 Å². The molecule has 2 atom stereocenters. The molecule has 1 aliphatic rings. The van der Waals surface area contributed by atoms with Crippen molar-refractivity contribution in [1.29, 1.82) is 0 Å². The summed E-state index contributed by atoms with van der Waals surface area (Å²) in [4.78, 5) is 24.5. The molecule has 1 aromatic rings. The highest BCUT2D eigenvalue weighted by Gasteiger charge is 2.47. The maximum atomic E-state index is 11.9. The Hall–Kier alpha value is -1.36. The lowest BCUT2D eigenvalue weighted by Crippen LogP contribution is -2.48. The van der Waals surface area contributed by atoms with Gasteiger partial charge in [-0.15, -0.1) is 6.58 Å². The number of hydrogen-bond donors (Lipinski definition) is 0. The molecule has 1 fully saturated rings. The number of Topliss-reactive ketones (excluding diaryl/α,β-unsaturated/α-hetero) is 1. The molecule has 0 N–H and O–H groups in total. The molecule has 1 aromatic carbocycles. The normalized spacial score (nSPS) is 25.6. The van der Waals surface area contributed by atoms with Gasteiger partial charge in [0.2, 0.25) is 5.78 Å². The molecule has 20 heavy (non-hydrogen) atoms. The number of ether oxygens (including phenoxy) is 1. The molecule has 1 heterocycles. The first-order valence-corrected chi connectivity index (χ1v) is 6.66. The lowest BCUT2D eigenvalue weighted by molar-refractivity contribution is -0.132. The Morgan fingerprint density at radius 1 is 1.45 bits per heavy atom. The minimum Gasteiger partial charge on any atom is -0.348 e. The van der Waals surface area contributed by atoms with E-state index in [1.54, 1.807) is 30.0 Å². The van der Waals surface area contributed by atoms with Gasteiger partial charge in [-0.2, -0.15) is 0 Å². The summed E-state index contributed by atoms with van der Waals surface area (Å²) in [5, 5.41) is 0.883. The van der Waals surface area contributed by atoms with Crippen molar-refractivity contribution in [2.45, 2.75) is 18.6 Å². The zero-order chi connectivity index (χ0) is 14.9. The number of ketones is 1. The van der Waals surface area contributed by atoms with E-state index in [-0.39, 0.29) is 6.73 Å². The molecule has 1 aliphatic heterocycles. The van der Waals surface area contributed by atoms with Crippen molar-refractivity contribution < 1.29 is 14.3 Å². The van der Waals surface area contributed by atoms with Gasteiger partial charge >= 0.3 is 0 Å². The number of carbonyl (C=O) groups is 2. The molecule has 1 saturated heterocycles. The van der Waals surface area contributed by atoms with Gasteiger partial charge in [0.05, 0.1) is 0 Å². The molecule has 0 bridgehead atoms. The lowest BCUT2D eigenvalue weighted by Gasteiger charge is -2.29. The SMILES string of the molecule is C=CC1(C)OCN(c2cc(Cl)cc(Cl)c2)C1C(=O)C=O. The van der Waals surface area contributed by atoms with Gasteiger partial charge in [-0.3, -0.25) is 9.59 Å². The number of halogens is 2. The number of anilines is 1. The molecule has 0 aliphatic carbocycles. The van der Waals surface area contributed by atoms with E-state index in [9.17, 15) is 9.59 Å². The maximum absolute atomic E-state index is 11.9. The van der Waals surface area contributed by atoms with E-state index in [0.29, 0.717) is 22.0 Å². The second-order valence-electron chi connectivity index (χ2n) is 4.68. The highest BCUT2D eigenvalue weighted by molar-refractivity contribution is 6.35. The average molecular weight is 314 g/mol. The Labute approximate surface area is 126 Å². The average Bonchev–Trinajstić information content (AvgIpc) is 2.75. The predicted molar refractivity (Wildman–Crippen MR) is 78.4 cm³/mol. The van der Waals surface area contributed by atoms with Crippen molar-refractivity contribution in [2.24, 2.45) is 0 Å². The van der Waals surface area contributed by atoms with Gasteiger partial charge in [0.15, 0.2) is 6.29 Å². The fraction of sp³-hybridized carbons (Fsp3) is 0.286. The van der Waals surface area contributed by atoms with Crippen LogP contribution in [0.3, 0.4) is 0 Å². The van der Waals surface area contributed by atoms with Crippen LogP contribution in [0.1, 0.15) is 6.92 Å². The Balaban J connectivity index is 2.47. The van der Waals surface area contributed by atoms with Crippen LogP contribution in [0.4, 0.5) is 5.69 Å². The molecule has 0 aromatic heterocycles. The highest BCUT2D eigenvalue weighted by Crippen LogP contribution is 2.35. The summed E-state index contributed by atoms with van der Waals surface area (Å²) < 4.78 is 5.61. The van der Waals surface area contributed by atoms with Crippen molar-refractivity contribution in [3.63, 3.8) is 0 Å². The minimum absolute atomic E-state index is 0.142. The van der Waals surface area contributed by atoms with Crippen LogP contribution in [0.5, 0.6) is 0 Å². The van der Waals surface area contributed by atoms with Gasteiger partial charge < -0.3 is 9.64 Å². The molecule has 0 amide bonds. The number of hydrogen-bond acceptors (Lipinski definition) is 4. The summed E-state index contributed by atoms with van der Waals surface area (Å²) in [6, 6.07) is 4.13. The molecule has 6 heteroatoms. The van der Waals surface area contributed by atoms with Crippen LogP contribution in [-0.4, -0.2) is 30.4 Å². The maximum Gasteiger partial charge on any atom is 0.220 e. The van der Waals surface area contributed by atoms with E-state index in [4.69, 9.17) is 27.9 Å². The molecule has 0 radical (unpaired) electrons. The largest absolute Gasteiger partial charge is 0.348 e. The molecule has 0 saturated carbocycles. The third-order valence-corrected chi connectivity index (χ3v) is 3.78. The molecular formula is C14H13Cl2NO3. The van der Waals surface area contributed by atoms with E-state index >= 15 is 0 Å². The summed E-state index contributed by atoms with van der Waals surface area (Å²) in [6.07, 6.45) is 1.81. The molecule has 106 valence electrons. The van der Waals surface area contributed by atoms with Crippen molar-refractivity contribution in [3.8, 4) is 0 Å². The monoisotopic (exact) mass is 313 g/mol. The van der Waals surface area contributed by atoms with Crippen molar-refractivity contribution in [2.75, 3.05) is 11.6 Å². The fourth-order valence-electron chi connectivity index (χ4n) is 2.27. The second-order valence-corrected chi connectivity index (χ2v) is 5.55. The summed E-state index contributed by atoms with van der Waals surface area (Å²) in [5.74, 6) is -0.582. The smallest absolute Gasteiger partial charge is 0.220 e. The molecule has 0 spiro atoms. The molecule has 2 unspecified atom stereocenters. The molecule has 4 nitrogen and oxygen atoms in total. The standard InChI is InChI=1S/C14H13Cl2NO3/c1-3-14(2)13(12(19)7-18)17(8-20-14)11-5-9(15)4-10(16)6-11/h3-7,13H,1,8H2,2H3. The number of aldehydes is 1. The first kappa shape index (κ1) is 15.0. The van der Waals surface area contributed by atoms with Gasteiger partial charge in [-0.05, 0) is 25.1 Å². The van der Waals surface area contributed by atoms with E-state index in [1.165, 1.54) is 6.08 Å². The summed E-state index contributed by atoms with van der Waals surface area (Å²) >= 11 is 11.9. The van der Waals surface area contributed by atoms with Gasteiger partial charge in [0.1, 0.15) is 18.4 Å². The van der Waals surface area contributed by atoms with E-state index in [0.717, 1.165) is 0 Å². The summed E-state index contributed by atoms with van der Waals surface area (Å²) in [6.45, 7) is 5.52. The third kappa shape index (κ3) is 2.59. The van der Waals surface area contributed by atoms with Crippen LogP contribution in [-0.2, 0) is 14.3 Å². The zero-order valence-electron chi connectivity index (χ0n) is 10.8. The van der Waals surface area contributed by atoms with Crippen LogP contribution in [0.2, 0.25) is 10.0 Å². The second kappa shape index (κ2) is 5.56. The predicted octanol–water partition coefficient (Wildman–Crippen LogP) is 2.87. The fourth-order valence-corrected chi connectivity index (χ4v) is 2.79. The van der Waals surface area contributed by atoms with E-state index in [2.05, 4.69) is 6.58 Å². The first-order valence-electron chi connectivity index (χ1n) is 5.90. The Morgan fingerprint density at radius 3 is 2.55 bits per heavy atom. The number of benzene rings is 1. The Kier molecular flexibility index (Phi) is 4.18. The summed E-state index contributed by atoms with van der Waals surface area (Å²) in [5.41, 5.74) is -0.319. The van der Waals surface area contributed by atoms with Gasteiger partial charge in [-0.25, -0.2) is 0 Å². The zero-order valence-corrected chi connectivity index (χ0v) is 12.3. The van der Waals surface area contributed by atoms with E-state index < -0.39 is 17.4 Å². The number of rotatable bonds is 4. The van der Waals surface area contributed by atoms with Gasteiger partial charge in [0.25, 0.3) is 0 Å². The number of nitrogens with zero attached hydrogens (tertiary/aromatic N) is 1. The van der Waals surface area contributed by atoms with Crippen LogP contribution >= 0.6 is 23.2 Å². The minimum atomic E-state index is -0.938. The Morgan fingerprint density at radius 2 is 2.05 bits per heavy atom. The van der Waals surface area contributed by atoms with Gasteiger partial charge in [-0.1, -0.05) is 29.3 Å².